The van der Waals surface area contributed by atoms with Gasteiger partial charge < -0.3 is 0 Å². The predicted molar refractivity (Wildman–Crippen MR) is 123 cm³/mol. The molecule has 0 spiro atoms. The minimum absolute atomic E-state index is 1.08. The lowest BCUT2D eigenvalue weighted by Crippen LogP contribution is -1.86. The molecular weight excluding hydrogens is 384 g/mol. The monoisotopic (exact) mass is 400 g/mol. The number of benzene rings is 2. The smallest absolute Gasteiger partial charge is 0.0445 e. The van der Waals surface area contributed by atoms with Crippen LogP contribution >= 0.6 is 34.0 Å². The van der Waals surface area contributed by atoms with E-state index in [9.17, 15) is 0 Å². The zero-order valence-corrected chi connectivity index (χ0v) is 17.2. The Kier molecular flexibility index (Phi) is 3.46. The topological polar surface area (TPSA) is 0 Å². The van der Waals surface area contributed by atoms with E-state index < -0.39 is 0 Å². The second-order valence-corrected chi connectivity index (χ2v) is 9.98. The molecule has 0 bridgehead atoms. The third kappa shape index (κ3) is 2.32. The molecule has 130 valence electrons. The van der Waals surface area contributed by atoms with Gasteiger partial charge in [-0.3, -0.25) is 0 Å². The van der Waals surface area contributed by atoms with Gasteiger partial charge in [-0.25, -0.2) is 0 Å². The highest BCUT2D eigenvalue weighted by atomic mass is 32.1. The van der Waals surface area contributed by atoms with Crippen LogP contribution in [0.2, 0.25) is 0 Å². The number of fused-ring (bicyclic) bond motifs is 3. The molecule has 3 heterocycles. The number of allylic oxidation sites excluding steroid dienone is 1. The Bertz CT molecular complexity index is 1360. The molecule has 0 radical (unpaired) electrons. The molecule has 3 aromatic heterocycles. The molecule has 0 fully saturated rings. The molecule has 5 aromatic rings. The molecule has 3 heteroatoms. The maximum Gasteiger partial charge on any atom is 0.0445 e. The lowest BCUT2D eigenvalue weighted by atomic mass is 9.96. The average Bonchev–Trinajstić information content (AvgIpc) is 3.42. The highest BCUT2D eigenvalue weighted by molar-refractivity contribution is 7.20. The van der Waals surface area contributed by atoms with Crippen molar-refractivity contribution in [2.75, 3.05) is 0 Å². The number of rotatable bonds is 2. The van der Waals surface area contributed by atoms with Gasteiger partial charge in [0.05, 0.1) is 0 Å². The summed E-state index contributed by atoms with van der Waals surface area (Å²) >= 11 is 5.68. The van der Waals surface area contributed by atoms with Crippen LogP contribution in [0, 0.1) is 0 Å². The fraction of sp³-hybridized carbons (Fsp3) is 0.0833. The van der Waals surface area contributed by atoms with Crippen molar-refractivity contribution in [3.05, 3.63) is 75.3 Å². The van der Waals surface area contributed by atoms with Crippen molar-refractivity contribution in [2.45, 2.75) is 13.3 Å². The highest BCUT2D eigenvalue weighted by Crippen LogP contribution is 2.51. The van der Waals surface area contributed by atoms with Crippen molar-refractivity contribution >= 4 is 60.3 Å². The van der Waals surface area contributed by atoms with E-state index >= 15 is 0 Å². The van der Waals surface area contributed by atoms with Gasteiger partial charge in [0.25, 0.3) is 0 Å². The van der Waals surface area contributed by atoms with Crippen LogP contribution in [0.3, 0.4) is 0 Å². The Hall–Kier alpha value is -2.20. The predicted octanol–water partition coefficient (Wildman–Crippen LogP) is 8.47. The Balaban J connectivity index is 1.69. The molecule has 0 atom stereocenters. The normalized spacial score (nSPS) is 13.4. The first-order valence-electron chi connectivity index (χ1n) is 9.05. The van der Waals surface area contributed by atoms with Gasteiger partial charge >= 0.3 is 0 Å². The maximum atomic E-state index is 2.39. The third-order valence-corrected chi connectivity index (χ3v) is 8.49. The lowest BCUT2D eigenvalue weighted by molar-refractivity contribution is 1.21. The van der Waals surface area contributed by atoms with Gasteiger partial charge in [0.15, 0.2) is 0 Å². The van der Waals surface area contributed by atoms with Crippen LogP contribution in [0.25, 0.3) is 47.8 Å². The van der Waals surface area contributed by atoms with E-state index in [2.05, 4.69) is 72.3 Å². The fourth-order valence-corrected chi connectivity index (χ4v) is 7.50. The first kappa shape index (κ1) is 15.8. The zero-order chi connectivity index (χ0) is 18.0. The maximum absolute atomic E-state index is 2.39. The fourth-order valence-electron chi connectivity index (χ4n) is 4.13. The number of hydrogen-bond acceptors (Lipinski definition) is 3. The summed E-state index contributed by atoms with van der Waals surface area (Å²) in [6.07, 6.45) is 3.46. The summed E-state index contributed by atoms with van der Waals surface area (Å²) in [6, 6.07) is 17.6. The van der Waals surface area contributed by atoms with E-state index in [0.717, 1.165) is 6.42 Å². The van der Waals surface area contributed by atoms with Crippen LogP contribution in [-0.4, -0.2) is 0 Å². The van der Waals surface area contributed by atoms with Crippen LogP contribution in [0.4, 0.5) is 0 Å². The van der Waals surface area contributed by atoms with Crippen molar-refractivity contribution < 1.29 is 0 Å². The molecule has 0 saturated carbocycles. The molecule has 0 unspecified atom stereocenters. The van der Waals surface area contributed by atoms with Gasteiger partial charge in [-0.1, -0.05) is 42.0 Å². The highest BCUT2D eigenvalue weighted by Gasteiger charge is 2.26. The van der Waals surface area contributed by atoms with Crippen molar-refractivity contribution in [1.82, 2.24) is 0 Å². The molecule has 1 aliphatic rings. The Morgan fingerprint density at radius 2 is 1.41 bits per heavy atom. The van der Waals surface area contributed by atoms with E-state index in [0.29, 0.717) is 0 Å². The van der Waals surface area contributed by atoms with Crippen molar-refractivity contribution in [3.63, 3.8) is 0 Å². The zero-order valence-electron chi connectivity index (χ0n) is 14.8. The Morgan fingerprint density at radius 1 is 0.778 bits per heavy atom. The van der Waals surface area contributed by atoms with Gasteiger partial charge in [-0.05, 0) is 42.5 Å². The first-order chi connectivity index (χ1) is 13.3. The van der Waals surface area contributed by atoms with Gasteiger partial charge in [0.2, 0.25) is 0 Å². The molecule has 0 amide bonds. The van der Waals surface area contributed by atoms with E-state index in [1.165, 1.54) is 57.8 Å². The summed E-state index contributed by atoms with van der Waals surface area (Å²) in [6.45, 7) is 2.25. The summed E-state index contributed by atoms with van der Waals surface area (Å²) in [4.78, 5) is 2.88. The van der Waals surface area contributed by atoms with E-state index in [1.807, 2.05) is 34.0 Å². The standard InChI is InChI=1S/C24H16S3/c1-14-10-17-22(11-14)27-24(19-13-26-21-9-5-3-7-16(19)21)23(17)18-12-25-20-8-4-2-6-15(18)20/h2-9,11-13H,10H2,1H3. The Morgan fingerprint density at radius 3 is 2.15 bits per heavy atom. The SMILES string of the molecule is CC1=Cc2sc(-c3csc4ccccc34)c(-c3csc4ccccc34)c2C1. The lowest BCUT2D eigenvalue weighted by Gasteiger charge is -2.07. The number of thiophene rings is 3. The minimum Gasteiger partial charge on any atom is -0.143 e. The quantitative estimate of drug-likeness (QED) is 0.279. The van der Waals surface area contributed by atoms with E-state index in [1.54, 1.807) is 0 Å². The third-order valence-electron chi connectivity index (χ3n) is 5.35. The van der Waals surface area contributed by atoms with Gasteiger partial charge in [-0.15, -0.1) is 34.0 Å². The molecule has 27 heavy (non-hydrogen) atoms. The van der Waals surface area contributed by atoms with Crippen molar-refractivity contribution in [3.8, 4) is 21.6 Å². The molecule has 0 saturated heterocycles. The van der Waals surface area contributed by atoms with Crippen LogP contribution in [-0.2, 0) is 6.42 Å². The molecule has 0 nitrogen and oxygen atoms in total. The molecule has 0 aliphatic heterocycles. The average molecular weight is 401 g/mol. The summed E-state index contributed by atoms with van der Waals surface area (Å²) in [7, 11) is 0. The summed E-state index contributed by atoms with van der Waals surface area (Å²) in [5.74, 6) is 0. The first-order valence-corrected chi connectivity index (χ1v) is 11.6. The van der Waals surface area contributed by atoms with E-state index in [4.69, 9.17) is 0 Å². The molecule has 1 aliphatic carbocycles. The number of hydrogen-bond donors (Lipinski definition) is 0. The van der Waals surface area contributed by atoms with E-state index in [-0.39, 0.29) is 0 Å². The van der Waals surface area contributed by atoms with Crippen LogP contribution in [0.15, 0.2) is 64.9 Å². The molecular formula is C24H16S3. The molecule has 0 N–H and O–H groups in total. The van der Waals surface area contributed by atoms with Crippen LogP contribution < -0.4 is 0 Å². The second kappa shape index (κ2) is 5.90. The molecule has 2 aromatic carbocycles. The Labute approximate surface area is 170 Å². The van der Waals surface area contributed by atoms with Crippen LogP contribution in [0.1, 0.15) is 17.4 Å². The summed E-state index contributed by atoms with van der Waals surface area (Å²) in [5.41, 5.74) is 7.25. The van der Waals surface area contributed by atoms with Gasteiger partial charge in [-0.2, -0.15) is 0 Å². The molecule has 6 rings (SSSR count). The summed E-state index contributed by atoms with van der Waals surface area (Å²) in [5, 5.41) is 7.47. The van der Waals surface area contributed by atoms with Crippen molar-refractivity contribution in [1.29, 1.82) is 0 Å². The summed E-state index contributed by atoms with van der Waals surface area (Å²) < 4.78 is 2.74. The van der Waals surface area contributed by atoms with Crippen molar-refractivity contribution in [2.24, 2.45) is 0 Å². The van der Waals surface area contributed by atoms with Gasteiger partial charge in [0, 0.05) is 52.0 Å². The van der Waals surface area contributed by atoms with Gasteiger partial charge in [0.1, 0.15) is 0 Å². The minimum atomic E-state index is 1.08. The van der Waals surface area contributed by atoms with Crippen LogP contribution in [0.5, 0.6) is 0 Å². The largest absolute Gasteiger partial charge is 0.143 e. The second-order valence-electron chi connectivity index (χ2n) is 7.11.